The fourth-order valence-corrected chi connectivity index (χ4v) is 8.98. The average Bonchev–Trinajstić information content (AvgIpc) is 3.69. The first-order valence-corrected chi connectivity index (χ1v) is 15.0. The molecule has 5 saturated carbocycles. The minimum absolute atomic E-state index is 0.138. The van der Waals surface area contributed by atoms with E-state index in [1.807, 2.05) is 0 Å². The van der Waals surface area contributed by atoms with E-state index in [0.717, 1.165) is 0 Å². The molecule has 228 valence electrons. The van der Waals surface area contributed by atoms with E-state index in [4.69, 9.17) is 18.8 Å². The highest BCUT2D eigenvalue weighted by Crippen LogP contribution is 2.57. The number of alkyl halides is 4. The molecular weight excluding hydrogens is 584 g/mol. The van der Waals surface area contributed by atoms with Crippen LogP contribution < -0.4 is 0 Å². The zero-order valence-corrected chi connectivity index (χ0v) is 22.2. The Hall–Kier alpha value is -2.49. The molecule has 6 fully saturated rings. The molecule has 12 atom stereocenters. The second-order valence-electron chi connectivity index (χ2n) is 12.4. The maximum Gasteiger partial charge on any atom is 0.431 e. The zero-order chi connectivity index (χ0) is 29.8. The number of halogens is 4. The predicted molar refractivity (Wildman–Crippen MR) is 122 cm³/mol. The number of hydrogen-bond acceptors (Lipinski definition) is 9. The molecule has 6 rings (SSSR count). The Bertz CT molecular complexity index is 1290. The molecule has 0 amide bonds. The maximum atomic E-state index is 15.2. The third-order valence-electron chi connectivity index (χ3n) is 10.4. The summed E-state index contributed by atoms with van der Waals surface area (Å²) < 4.78 is 107. The molecule has 0 aromatic rings. The molecule has 1 saturated heterocycles. The van der Waals surface area contributed by atoms with E-state index in [9.17, 15) is 41.5 Å². The monoisotopic (exact) mass is 612 g/mol. The number of ether oxygens (including phenoxy) is 3. The van der Waals surface area contributed by atoms with E-state index in [-0.39, 0.29) is 42.4 Å². The Labute approximate surface area is 231 Å². The summed E-state index contributed by atoms with van der Waals surface area (Å²) in [5.74, 6) is -17.5. The maximum absolute atomic E-state index is 15.2. The first kappa shape index (κ1) is 28.6. The first-order chi connectivity index (χ1) is 19.0. The van der Waals surface area contributed by atoms with Crippen molar-refractivity contribution >= 4 is 34.0 Å². The molecule has 11 nitrogen and oxygen atoms in total. The van der Waals surface area contributed by atoms with Gasteiger partial charge >= 0.3 is 45.2 Å². The van der Waals surface area contributed by atoms with Crippen molar-refractivity contribution in [1.29, 1.82) is 0 Å². The number of carbonyl (C=O) groups excluding carboxylic acids is 3. The van der Waals surface area contributed by atoms with Crippen molar-refractivity contribution in [3.8, 4) is 0 Å². The van der Waals surface area contributed by atoms with Gasteiger partial charge in [-0.05, 0) is 56.8 Å². The van der Waals surface area contributed by atoms with Crippen LogP contribution in [0, 0.1) is 53.3 Å². The van der Waals surface area contributed by atoms with Crippen LogP contribution in [0.1, 0.15) is 44.9 Å². The van der Waals surface area contributed by atoms with Gasteiger partial charge in [-0.25, -0.2) is 0 Å². The summed E-state index contributed by atoms with van der Waals surface area (Å²) in [4.78, 5) is 49.6. The molecule has 10 unspecified atom stereocenters. The SMILES string of the molecule is O=C(O)C1CC2CC1CC2OC(=O)[C@H]1C[C@@H](C(=O)OC2C3CC4C(=O)OC2C4C3)CC1C(F)(F)C(F)(F)S(=O)(=O)O. The lowest BCUT2D eigenvalue weighted by atomic mass is 9.86. The van der Waals surface area contributed by atoms with Crippen LogP contribution in [0.4, 0.5) is 17.6 Å². The highest BCUT2D eigenvalue weighted by atomic mass is 32.2. The van der Waals surface area contributed by atoms with Crippen molar-refractivity contribution in [1.82, 2.24) is 0 Å². The summed E-state index contributed by atoms with van der Waals surface area (Å²) in [6.45, 7) is 0. The Balaban J connectivity index is 1.20. The summed E-state index contributed by atoms with van der Waals surface area (Å²) in [5.41, 5.74) is 0. The average molecular weight is 613 g/mol. The van der Waals surface area contributed by atoms with Gasteiger partial charge in [0.1, 0.15) is 18.3 Å². The van der Waals surface area contributed by atoms with Crippen LogP contribution in [0.2, 0.25) is 0 Å². The van der Waals surface area contributed by atoms with Gasteiger partial charge in [-0.3, -0.25) is 23.7 Å². The van der Waals surface area contributed by atoms with Crippen LogP contribution >= 0.6 is 0 Å². The molecule has 0 radical (unpaired) electrons. The number of hydrogen-bond donors (Lipinski definition) is 2. The molecule has 2 N–H and O–H groups in total. The van der Waals surface area contributed by atoms with E-state index in [2.05, 4.69) is 0 Å². The lowest BCUT2D eigenvalue weighted by Gasteiger charge is -2.32. The number of fused-ring (bicyclic) bond motifs is 3. The molecule has 0 spiro atoms. The normalized spacial score (nSPS) is 42.9. The molecule has 16 heteroatoms. The fraction of sp³-hybridized carbons (Fsp3) is 0.840. The van der Waals surface area contributed by atoms with Gasteiger partial charge in [-0.15, -0.1) is 0 Å². The third-order valence-corrected chi connectivity index (χ3v) is 11.3. The van der Waals surface area contributed by atoms with Gasteiger partial charge in [0.25, 0.3) is 0 Å². The Morgan fingerprint density at radius 1 is 0.854 bits per heavy atom. The molecule has 0 aromatic carbocycles. The molecule has 1 heterocycles. The molecular formula is C25H28F4O11S. The summed E-state index contributed by atoms with van der Waals surface area (Å²) in [7, 11) is -6.62. The molecule has 0 aromatic heterocycles. The Morgan fingerprint density at radius 2 is 1.56 bits per heavy atom. The van der Waals surface area contributed by atoms with Gasteiger partial charge in [0.2, 0.25) is 0 Å². The van der Waals surface area contributed by atoms with Crippen molar-refractivity contribution in [3.05, 3.63) is 0 Å². The summed E-state index contributed by atoms with van der Waals surface area (Å²) in [6.07, 6.45) is -2.42. The van der Waals surface area contributed by atoms with Crippen LogP contribution in [-0.2, 0) is 43.5 Å². The second-order valence-corrected chi connectivity index (χ2v) is 13.9. The van der Waals surface area contributed by atoms with Crippen molar-refractivity contribution in [2.45, 2.75) is 74.4 Å². The van der Waals surface area contributed by atoms with E-state index >= 15 is 8.78 Å². The van der Waals surface area contributed by atoms with Gasteiger partial charge in [-0.2, -0.15) is 26.0 Å². The second kappa shape index (κ2) is 9.25. The summed E-state index contributed by atoms with van der Waals surface area (Å²) in [6, 6.07) is 0. The van der Waals surface area contributed by atoms with Crippen LogP contribution in [0.3, 0.4) is 0 Å². The zero-order valence-electron chi connectivity index (χ0n) is 21.4. The molecule has 5 aliphatic carbocycles. The van der Waals surface area contributed by atoms with Crippen molar-refractivity contribution in [2.75, 3.05) is 0 Å². The largest absolute Gasteiger partial charge is 0.481 e. The van der Waals surface area contributed by atoms with Gasteiger partial charge in [0, 0.05) is 17.8 Å². The number of carboxylic acid groups (broad SMARTS) is 1. The van der Waals surface area contributed by atoms with Gasteiger partial charge in [0.05, 0.1) is 23.7 Å². The fourth-order valence-electron chi connectivity index (χ4n) is 8.48. The van der Waals surface area contributed by atoms with Gasteiger partial charge < -0.3 is 19.3 Å². The molecule has 6 aliphatic rings. The van der Waals surface area contributed by atoms with Crippen LogP contribution in [0.25, 0.3) is 0 Å². The van der Waals surface area contributed by atoms with Crippen LogP contribution in [0.5, 0.6) is 0 Å². The number of carboxylic acids is 1. The third kappa shape index (κ3) is 4.25. The van der Waals surface area contributed by atoms with Crippen LogP contribution in [-0.4, -0.2) is 71.4 Å². The quantitative estimate of drug-likeness (QED) is 0.178. The van der Waals surface area contributed by atoms with Gasteiger partial charge in [-0.1, -0.05) is 0 Å². The minimum Gasteiger partial charge on any atom is -0.481 e. The highest BCUT2D eigenvalue weighted by Gasteiger charge is 2.72. The lowest BCUT2D eigenvalue weighted by Crippen LogP contribution is -2.53. The van der Waals surface area contributed by atoms with E-state index in [1.54, 1.807) is 0 Å². The summed E-state index contributed by atoms with van der Waals surface area (Å²) in [5, 5.41) is 3.34. The highest BCUT2D eigenvalue weighted by molar-refractivity contribution is 7.87. The predicted octanol–water partition coefficient (Wildman–Crippen LogP) is 2.28. The van der Waals surface area contributed by atoms with Crippen molar-refractivity contribution in [3.63, 3.8) is 0 Å². The van der Waals surface area contributed by atoms with Gasteiger partial charge in [0.15, 0.2) is 0 Å². The standard InChI is InChI=1S/C25H28F4O11S/c26-24(27,25(28,29)41(35,36)37)16-6-11(21(32)39-18-10-3-13-14(4-10)22(33)40-19(13)18)5-15(16)23(34)38-17-7-8-1-9(17)2-12(8)20(30)31/h8-19H,1-7H2,(H,30,31)(H,35,36,37)/t8?,9?,10?,11-,12?,13?,14?,15+,16?,17?,18?,19?/m1/s1. The topological polar surface area (TPSA) is 171 Å². The number of aliphatic carboxylic acids is 1. The Morgan fingerprint density at radius 3 is 2.17 bits per heavy atom. The lowest BCUT2D eigenvalue weighted by molar-refractivity contribution is -0.207. The smallest absolute Gasteiger partial charge is 0.431 e. The van der Waals surface area contributed by atoms with E-state index in [1.165, 1.54) is 0 Å². The van der Waals surface area contributed by atoms with Crippen molar-refractivity contribution < 1.29 is 69.0 Å². The molecule has 4 bridgehead atoms. The minimum atomic E-state index is -6.62. The van der Waals surface area contributed by atoms with Crippen LogP contribution in [0.15, 0.2) is 0 Å². The Kier molecular flexibility index (Phi) is 6.46. The molecule has 41 heavy (non-hydrogen) atoms. The summed E-state index contributed by atoms with van der Waals surface area (Å²) >= 11 is 0. The number of carbonyl (C=O) groups is 4. The number of rotatable bonds is 8. The van der Waals surface area contributed by atoms with E-state index in [0.29, 0.717) is 19.3 Å². The first-order valence-electron chi connectivity index (χ1n) is 13.6. The van der Waals surface area contributed by atoms with Crippen molar-refractivity contribution in [2.24, 2.45) is 53.3 Å². The molecule has 1 aliphatic heterocycles. The number of esters is 3. The van der Waals surface area contributed by atoms with E-state index < -0.39 is 100.0 Å².